The van der Waals surface area contributed by atoms with Crippen LogP contribution < -0.4 is 19.1 Å². The van der Waals surface area contributed by atoms with Crippen molar-refractivity contribution in [3.8, 4) is 11.5 Å². The van der Waals surface area contributed by atoms with Crippen molar-refractivity contribution in [1.82, 2.24) is 5.32 Å². The Kier molecular flexibility index (Phi) is 7.69. The van der Waals surface area contributed by atoms with E-state index in [2.05, 4.69) is 12.2 Å². The Morgan fingerprint density at radius 3 is 2.43 bits per heavy atom. The van der Waals surface area contributed by atoms with Gasteiger partial charge in [-0.2, -0.15) is 0 Å². The van der Waals surface area contributed by atoms with Crippen LogP contribution in [0, 0.1) is 0 Å². The lowest BCUT2D eigenvalue weighted by atomic mass is 10.2. The number of carbonyl (C=O) groups excluding carboxylic acids is 1. The van der Waals surface area contributed by atoms with Crippen LogP contribution in [-0.2, 0) is 21.2 Å². The maximum absolute atomic E-state index is 12.2. The zero-order chi connectivity index (χ0) is 20.6. The molecule has 1 N–H and O–H groups in total. The van der Waals surface area contributed by atoms with Gasteiger partial charge in [0.1, 0.15) is 24.7 Å². The molecule has 0 atom stereocenters. The fraction of sp³-hybridized carbons (Fsp3) is 0.350. The van der Waals surface area contributed by atoms with Gasteiger partial charge in [0, 0.05) is 6.07 Å². The van der Waals surface area contributed by atoms with Crippen LogP contribution in [0.4, 0.5) is 5.69 Å². The number of hydrogen-bond donors (Lipinski definition) is 1. The Balaban J connectivity index is 1.89. The lowest BCUT2D eigenvalue weighted by molar-refractivity contribution is -0.119. The van der Waals surface area contributed by atoms with Gasteiger partial charge in [-0.25, -0.2) is 8.42 Å². The monoisotopic (exact) mass is 406 g/mol. The summed E-state index contributed by atoms with van der Waals surface area (Å²) in [5.41, 5.74) is 1.59. The third kappa shape index (κ3) is 6.45. The molecule has 0 bridgehead atoms. The van der Waals surface area contributed by atoms with Crippen molar-refractivity contribution in [2.75, 3.05) is 37.4 Å². The second-order valence-electron chi connectivity index (χ2n) is 6.17. The van der Waals surface area contributed by atoms with Crippen LogP contribution in [0.15, 0.2) is 48.5 Å². The summed E-state index contributed by atoms with van der Waals surface area (Å²) in [7, 11) is -2.14. The SMILES string of the molecule is CCc1ccc(OCCNC(=O)CN(c2cccc(OC)c2)S(C)(=O)=O)cc1. The molecule has 0 aliphatic carbocycles. The molecule has 8 heteroatoms. The van der Waals surface area contributed by atoms with E-state index < -0.39 is 15.9 Å². The number of carbonyl (C=O) groups is 1. The van der Waals surface area contributed by atoms with Gasteiger partial charge in [0.05, 0.1) is 25.6 Å². The number of nitrogens with one attached hydrogen (secondary N) is 1. The van der Waals surface area contributed by atoms with Gasteiger partial charge in [-0.15, -0.1) is 0 Å². The number of benzene rings is 2. The second-order valence-corrected chi connectivity index (χ2v) is 8.07. The highest BCUT2D eigenvalue weighted by molar-refractivity contribution is 7.92. The van der Waals surface area contributed by atoms with Crippen LogP contribution in [0.25, 0.3) is 0 Å². The van der Waals surface area contributed by atoms with E-state index in [0.29, 0.717) is 11.4 Å². The molecule has 0 aliphatic rings. The van der Waals surface area contributed by atoms with Crippen molar-refractivity contribution >= 4 is 21.6 Å². The minimum atomic E-state index is -3.63. The van der Waals surface area contributed by atoms with Gasteiger partial charge in [-0.1, -0.05) is 25.1 Å². The quantitative estimate of drug-likeness (QED) is 0.612. The summed E-state index contributed by atoms with van der Waals surface area (Å²) in [5, 5.41) is 2.68. The average molecular weight is 407 g/mol. The van der Waals surface area contributed by atoms with E-state index in [9.17, 15) is 13.2 Å². The van der Waals surface area contributed by atoms with E-state index in [1.807, 2.05) is 24.3 Å². The first kappa shape index (κ1) is 21.6. The van der Waals surface area contributed by atoms with E-state index in [4.69, 9.17) is 9.47 Å². The van der Waals surface area contributed by atoms with Crippen molar-refractivity contribution in [3.05, 3.63) is 54.1 Å². The van der Waals surface area contributed by atoms with Crippen LogP contribution in [-0.4, -0.2) is 47.4 Å². The highest BCUT2D eigenvalue weighted by Gasteiger charge is 2.21. The summed E-state index contributed by atoms with van der Waals surface area (Å²) < 4.78 is 36.0. The third-order valence-corrected chi connectivity index (χ3v) is 5.19. The van der Waals surface area contributed by atoms with Crippen molar-refractivity contribution in [2.45, 2.75) is 13.3 Å². The van der Waals surface area contributed by atoms with E-state index in [1.165, 1.54) is 12.7 Å². The number of hydrogen-bond acceptors (Lipinski definition) is 5. The number of sulfonamides is 1. The predicted octanol–water partition coefficient (Wildman–Crippen LogP) is 2.22. The van der Waals surface area contributed by atoms with Gasteiger partial charge < -0.3 is 14.8 Å². The molecule has 2 rings (SSSR count). The summed E-state index contributed by atoms with van der Waals surface area (Å²) in [6.45, 7) is 2.31. The highest BCUT2D eigenvalue weighted by Crippen LogP contribution is 2.22. The molecular weight excluding hydrogens is 380 g/mol. The normalized spacial score (nSPS) is 11.0. The Labute approximate surface area is 166 Å². The molecule has 2 aromatic rings. The molecule has 2 aromatic carbocycles. The summed E-state index contributed by atoms with van der Waals surface area (Å²) >= 11 is 0. The molecule has 0 spiro atoms. The van der Waals surface area contributed by atoms with Crippen molar-refractivity contribution < 1.29 is 22.7 Å². The molecule has 0 unspecified atom stereocenters. The molecule has 0 fully saturated rings. The molecule has 0 aliphatic heterocycles. The molecule has 0 aromatic heterocycles. The largest absolute Gasteiger partial charge is 0.497 e. The van der Waals surface area contributed by atoms with Crippen molar-refractivity contribution in [3.63, 3.8) is 0 Å². The second kappa shape index (κ2) is 9.98. The van der Waals surface area contributed by atoms with Gasteiger partial charge in [-0.05, 0) is 36.2 Å². The first-order chi connectivity index (χ1) is 13.3. The van der Waals surface area contributed by atoms with Gasteiger partial charge >= 0.3 is 0 Å². The first-order valence-electron chi connectivity index (χ1n) is 8.93. The van der Waals surface area contributed by atoms with Crippen molar-refractivity contribution in [2.24, 2.45) is 0 Å². The fourth-order valence-corrected chi connectivity index (χ4v) is 3.38. The van der Waals surface area contributed by atoms with Gasteiger partial charge in [0.2, 0.25) is 15.9 Å². The van der Waals surface area contributed by atoms with Crippen molar-refractivity contribution in [1.29, 1.82) is 0 Å². The molecule has 0 radical (unpaired) electrons. The number of aryl methyl sites for hydroxylation is 1. The minimum Gasteiger partial charge on any atom is -0.497 e. The van der Waals surface area contributed by atoms with E-state index in [-0.39, 0.29) is 19.7 Å². The van der Waals surface area contributed by atoms with E-state index >= 15 is 0 Å². The van der Waals surface area contributed by atoms with Crippen LogP contribution in [0.3, 0.4) is 0 Å². The van der Waals surface area contributed by atoms with Crippen LogP contribution >= 0.6 is 0 Å². The molecule has 0 heterocycles. The third-order valence-electron chi connectivity index (χ3n) is 4.05. The van der Waals surface area contributed by atoms with Gasteiger partial charge in [0.25, 0.3) is 0 Å². The van der Waals surface area contributed by atoms with E-state index in [1.54, 1.807) is 24.3 Å². The summed E-state index contributed by atoms with van der Waals surface area (Å²) in [6.07, 6.45) is 2.02. The maximum Gasteiger partial charge on any atom is 0.240 e. The lowest BCUT2D eigenvalue weighted by Gasteiger charge is -2.22. The molecule has 1 amide bonds. The molecule has 28 heavy (non-hydrogen) atoms. The Morgan fingerprint density at radius 1 is 1.11 bits per heavy atom. The smallest absolute Gasteiger partial charge is 0.240 e. The number of nitrogens with zero attached hydrogens (tertiary/aromatic N) is 1. The first-order valence-corrected chi connectivity index (χ1v) is 10.8. The molecular formula is C20H26N2O5S. The van der Waals surface area contributed by atoms with Crippen LogP contribution in [0.1, 0.15) is 12.5 Å². The summed E-state index contributed by atoms with van der Waals surface area (Å²) in [4.78, 5) is 12.2. The molecule has 7 nitrogen and oxygen atoms in total. The highest BCUT2D eigenvalue weighted by atomic mass is 32.2. The zero-order valence-corrected chi connectivity index (χ0v) is 17.2. The number of methoxy groups -OCH3 is 1. The number of anilines is 1. The molecule has 0 saturated heterocycles. The molecule has 0 saturated carbocycles. The zero-order valence-electron chi connectivity index (χ0n) is 16.3. The number of ether oxygens (including phenoxy) is 2. The summed E-state index contributed by atoms with van der Waals surface area (Å²) in [5.74, 6) is 0.813. The minimum absolute atomic E-state index is 0.268. The number of rotatable bonds is 10. The predicted molar refractivity (Wildman–Crippen MR) is 110 cm³/mol. The molecule has 152 valence electrons. The van der Waals surface area contributed by atoms with Gasteiger partial charge in [-0.3, -0.25) is 9.10 Å². The van der Waals surface area contributed by atoms with E-state index in [0.717, 1.165) is 22.7 Å². The Morgan fingerprint density at radius 2 is 1.82 bits per heavy atom. The standard InChI is InChI=1S/C20H26N2O5S/c1-4-16-8-10-18(11-9-16)27-13-12-21-20(23)15-22(28(3,24)25)17-6-5-7-19(14-17)26-2/h5-11,14H,4,12-13,15H2,1-3H3,(H,21,23). The summed E-state index contributed by atoms with van der Waals surface area (Å²) in [6, 6.07) is 14.3. The topological polar surface area (TPSA) is 84.9 Å². The average Bonchev–Trinajstić information content (AvgIpc) is 2.69. The fourth-order valence-electron chi connectivity index (χ4n) is 2.53. The Hall–Kier alpha value is -2.74. The van der Waals surface area contributed by atoms with Gasteiger partial charge in [0.15, 0.2) is 0 Å². The lowest BCUT2D eigenvalue weighted by Crippen LogP contribution is -2.41. The van der Waals surface area contributed by atoms with Crippen LogP contribution in [0.2, 0.25) is 0 Å². The van der Waals surface area contributed by atoms with Crippen LogP contribution in [0.5, 0.6) is 11.5 Å². The maximum atomic E-state index is 12.2. The number of amides is 1. The Bertz CT molecular complexity index is 882.